The van der Waals surface area contributed by atoms with E-state index in [1.807, 2.05) is 0 Å². The predicted molar refractivity (Wildman–Crippen MR) is 94.3 cm³/mol. The topological polar surface area (TPSA) is 0 Å². The van der Waals surface area contributed by atoms with Crippen molar-refractivity contribution < 1.29 is 0 Å². The molecule has 3 aromatic rings. The van der Waals surface area contributed by atoms with Gasteiger partial charge in [0.05, 0.1) is 11.1 Å². The van der Waals surface area contributed by atoms with E-state index >= 15 is 0 Å². The average molecular weight is 287 g/mol. The molecule has 0 aliphatic heterocycles. The van der Waals surface area contributed by atoms with Crippen LogP contribution < -0.4 is 0 Å². The standard InChI is InChI=1S/C20H19Si/c1-21(2,3)15-14-18-19(16-10-6-4-7-11-16)20(18)17-12-8-5-9-13-17/h4-13H,1-3H3/q+1. The van der Waals surface area contributed by atoms with E-state index in [2.05, 4.69) is 91.8 Å². The van der Waals surface area contributed by atoms with Gasteiger partial charge in [0.1, 0.15) is 11.1 Å². The molecule has 102 valence electrons. The van der Waals surface area contributed by atoms with Crippen molar-refractivity contribution >= 4 is 8.07 Å². The first-order chi connectivity index (χ1) is 10.1. The molecule has 0 nitrogen and oxygen atoms in total. The summed E-state index contributed by atoms with van der Waals surface area (Å²) in [7, 11) is -1.35. The van der Waals surface area contributed by atoms with Crippen molar-refractivity contribution in [3.8, 4) is 33.7 Å². The molecule has 0 unspecified atom stereocenters. The summed E-state index contributed by atoms with van der Waals surface area (Å²) in [4.78, 5) is 0. The molecule has 21 heavy (non-hydrogen) atoms. The summed E-state index contributed by atoms with van der Waals surface area (Å²) in [6, 6.07) is 21.1. The van der Waals surface area contributed by atoms with Crippen LogP contribution in [0.5, 0.6) is 0 Å². The van der Waals surface area contributed by atoms with Crippen LogP contribution in [0.2, 0.25) is 19.6 Å². The van der Waals surface area contributed by atoms with Gasteiger partial charge in [0, 0.05) is 5.92 Å². The Kier molecular flexibility index (Phi) is 3.49. The van der Waals surface area contributed by atoms with Gasteiger partial charge in [-0.3, -0.25) is 0 Å². The van der Waals surface area contributed by atoms with E-state index in [9.17, 15) is 0 Å². The Hall–Kier alpha value is -2.17. The average Bonchev–Trinajstić information content (AvgIpc) is 3.21. The fourth-order valence-corrected chi connectivity index (χ4v) is 2.85. The van der Waals surface area contributed by atoms with E-state index < -0.39 is 8.07 Å². The first kappa shape index (κ1) is 13.8. The van der Waals surface area contributed by atoms with Crippen molar-refractivity contribution in [2.45, 2.75) is 19.6 Å². The summed E-state index contributed by atoms with van der Waals surface area (Å²) in [5, 5.41) is 0. The summed E-state index contributed by atoms with van der Waals surface area (Å²) in [6.45, 7) is 6.86. The molecule has 0 fully saturated rings. The molecule has 0 saturated heterocycles. The second-order valence-corrected chi connectivity index (χ2v) is 11.1. The van der Waals surface area contributed by atoms with Crippen LogP contribution in [-0.2, 0) is 0 Å². The van der Waals surface area contributed by atoms with E-state index in [1.54, 1.807) is 0 Å². The highest BCUT2D eigenvalue weighted by molar-refractivity contribution is 6.83. The van der Waals surface area contributed by atoms with Crippen LogP contribution >= 0.6 is 0 Å². The summed E-state index contributed by atoms with van der Waals surface area (Å²) < 4.78 is 0. The Balaban J connectivity index is 2.06. The van der Waals surface area contributed by atoms with Gasteiger partial charge in [0.2, 0.25) is 0 Å². The van der Waals surface area contributed by atoms with Crippen LogP contribution in [0.4, 0.5) is 0 Å². The SMILES string of the molecule is C[Si](C)(C)C#C[c+]1c(-c2ccccc2)c1-c1ccccc1. The van der Waals surface area contributed by atoms with E-state index in [1.165, 1.54) is 27.8 Å². The highest BCUT2D eigenvalue weighted by Crippen LogP contribution is 2.47. The Morgan fingerprint density at radius 1 is 0.714 bits per heavy atom. The molecule has 1 heteroatoms. The lowest BCUT2D eigenvalue weighted by Crippen LogP contribution is -2.16. The maximum absolute atomic E-state index is 3.49. The molecule has 0 atom stereocenters. The van der Waals surface area contributed by atoms with Crippen LogP contribution in [0.3, 0.4) is 0 Å². The summed E-state index contributed by atoms with van der Waals surface area (Å²) in [6.07, 6.45) is 0. The third-order valence-corrected chi connectivity index (χ3v) is 4.25. The second kappa shape index (κ2) is 5.31. The van der Waals surface area contributed by atoms with Gasteiger partial charge >= 0.3 is 0 Å². The third kappa shape index (κ3) is 3.12. The molecule has 0 aromatic heterocycles. The predicted octanol–water partition coefficient (Wildman–Crippen LogP) is 5.41. The zero-order valence-electron chi connectivity index (χ0n) is 12.8. The zero-order valence-corrected chi connectivity index (χ0v) is 13.8. The molecule has 0 bridgehead atoms. The van der Waals surface area contributed by atoms with E-state index in [0.29, 0.717) is 0 Å². The molecular formula is C20H19Si+. The van der Waals surface area contributed by atoms with Gasteiger partial charge in [-0.1, -0.05) is 61.6 Å². The Bertz CT molecular complexity index is 710. The monoisotopic (exact) mass is 287 g/mol. The molecule has 3 aromatic carbocycles. The lowest BCUT2D eigenvalue weighted by Gasteiger charge is -1.98. The normalized spacial score (nSPS) is 11.2. The smallest absolute Gasteiger partial charge is 0.0616 e. The van der Waals surface area contributed by atoms with Crippen molar-refractivity contribution in [2.75, 3.05) is 0 Å². The van der Waals surface area contributed by atoms with Crippen molar-refractivity contribution in [1.82, 2.24) is 0 Å². The molecule has 0 radical (unpaired) electrons. The molecule has 0 N–H and O–H groups in total. The zero-order chi connectivity index (χ0) is 14.9. The van der Waals surface area contributed by atoms with Crippen molar-refractivity contribution in [2.24, 2.45) is 0 Å². The third-order valence-electron chi connectivity index (χ3n) is 3.37. The van der Waals surface area contributed by atoms with Gasteiger partial charge in [0.25, 0.3) is 0 Å². The highest BCUT2D eigenvalue weighted by atomic mass is 28.3. The number of hydrogen-bond donors (Lipinski definition) is 0. The first-order valence-corrected chi connectivity index (χ1v) is 10.8. The second-order valence-electron chi connectivity index (χ2n) is 6.36. The largest absolute Gasteiger partial charge is 0.171 e. The van der Waals surface area contributed by atoms with Crippen LogP contribution in [0.1, 0.15) is 5.56 Å². The van der Waals surface area contributed by atoms with Gasteiger partial charge in [-0.15, -0.1) is 0 Å². The van der Waals surface area contributed by atoms with Gasteiger partial charge < -0.3 is 0 Å². The maximum atomic E-state index is 3.49. The molecule has 0 amide bonds. The van der Waals surface area contributed by atoms with Crippen molar-refractivity contribution in [3.05, 3.63) is 66.2 Å². The molecule has 3 rings (SSSR count). The lowest BCUT2D eigenvalue weighted by atomic mass is 10.1. The fourth-order valence-electron chi connectivity index (χ4n) is 2.35. The van der Waals surface area contributed by atoms with Crippen LogP contribution in [0, 0.1) is 11.5 Å². The summed E-state index contributed by atoms with van der Waals surface area (Å²) in [5.74, 6) is 3.45. The first-order valence-electron chi connectivity index (χ1n) is 7.32. The van der Waals surface area contributed by atoms with Gasteiger partial charge in [-0.05, 0) is 24.3 Å². The molecular weight excluding hydrogens is 268 g/mol. The maximum Gasteiger partial charge on any atom is 0.171 e. The Labute approximate surface area is 128 Å². The van der Waals surface area contributed by atoms with E-state index in [4.69, 9.17) is 0 Å². The van der Waals surface area contributed by atoms with Crippen molar-refractivity contribution in [3.63, 3.8) is 0 Å². The highest BCUT2D eigenvalue weighted by Gasteiger charge is 2.36. The lowest BCUT2D eigenvalue weighted by molar-refractivity contribution is 1.69. The van der Waals surface area contributed by atoms with Crippen molar-refractivity contribution in [1.29, 1.82) is 0 Å². The molecule has 0 saturated carbocycles. The fraction of sp³-hybridized carbons (Fsp3) is 0.150. The quantitative estimate of drug-likeness (QED) is 0.336. The van der Waals surface area contributed by atoms with Crippen LogP contribution in [-0.4, -0.2) is 8.07 Å². The van der Waals surface area contributed by atoms with Gasteiger partial charge in [-0.25, -0.2) is 0 Å². The van der Waals surface area contributed by atoms with Gasteiger partial charge in [-0.2, -0.15) is 0 Å². The Morgan fingerprint density at radius 3 is 1.52 bits per heavy atom. The number of rotatable bonds is 2. The molecule has 0 spiro atoms. The minimum absolute atomic E-state index is 1.23. The van der Waals surface area contributed by atoms with Gasteiger partial charge in [0.15, 0.2) is 13.6 Å². The van der Waals surface area contributed by atoms with E-state index in [-0.39, 0.29) is 0 Å². The molecule has 0 aliphatic rings. The summed E-state index contributed by atoms with van der Waals surface area (Å²) >= 11 is 0. The molecule has 0 heterocycles. The van der Waals surface area contributed by atoms with E-state index in [0.717, 1.165) is 0 Å². The minimum atomic E-state index is -1.35. The van der Waals surface area contributed by atoms with Crippen LogP contribution in [0.15, 0.2) is 60.7 Å². The minimum Gasteiger partial charge on any atom is -0.0616 e. The number of benzene rings is 2. The summed E-state index contributed by atoms with van der Waals surface area (Å²) in [5.41, 5.74) is 9.93. The van der Waals surface area contributed by atoms with Crippen LogP contribution in [0.25, 0.3) is 22.3 Å². The Morgan fingerprint density at radius 2 is 1.14 bits per heavy atom. The number of hydrogen-bond acceptors (Lipinski definition) is 0. The molecule has 0 aliphatic carbocycles.